The average molecular weight is 261 g/mol. The van der Waals surface area contributed by atoms with Crippen molar-refractivity contribution in [1.82, 2.24) is 4.98 Å². The minimum Gasteiger partial charge on any atom is -0.437 e. The topological polar surface area (TPSA) is 43.1 Å². The predicted octanol–water partition coefficient (Wildman–Crippen LogP) is 3.63. The van der Waals surface area contributed by atoms with Crippen LogP contribution in [0.3, 0.4) is 0 Å². The van der Waals surface area contributed by atoms with E-state index in [-0.39, 0.29) is 24.5 Å². The van der Waals surface area contributed by atoms with Crippen molar-refractivity contribution in [3.05, 3.63) is 17.3 Å². The van der Waals surface area contributed by atoms with Gasteiger partial charge in [-0.25, -0.2) is 4.98 Å². The minimum atomic E-state index is -4.11. The fourth-order valence-electron chi connectivity index (χ4n) is 2.38. The van der Waals surface area contributed by atoms with Gasteiger partial charge in [-0.2, -0.15) is 13.2 Å². The van der Waals surface area contributed by atoms with E-state index in [1.807, 2.05) is 0 Å². The lowest BCUT2D eigenvalue weighted by Crippen LogP contribution is -2.27. The van der Waals surface area contributed by atoms with Crippen LogP contribution in [0.15, 0.2) is 4.42 Å². The Morgan fingerprint density at radius 3 is 2.33 bits per heavy atom. The van der Waals surface area contributed by atoms with Gasteiger partial charge in [0, 0.05) is 5.92 Å². The van der Waals surface area contributed by atoms with Crippen LogP contribution in [0.4, 0.5) is 13.2 Å². The molecule has 6 heteroatoms. The predicted molar refractivity (Wildman–Crippen MR) is 57.4 cm³/mol. The summed E-state index contributed by atoms with van der Waals surface area (Å²) in [4.78, 5) is 14.7. The third-order valence-electron chi connectivity index (χ3n) is 3.50. The SMILES string of the molecule is Cc1nc(C2CCC(C(F)(F)F)CC2)oc1C=O. The molecule has 0 aromatic carbocycles. The number of hydrogen-bond acceptors (Lipinski definition) is 3. The van der Waals surface area contributed by atoms with E-state index in [0.29, 0.717) is 30.7 Å². The van der Waals surface area contributed by atoms with E-state index in [0.717, 1.165) is 0 Å². The summed E-state index contributed by atoms with van der Waals surface area (Å²) in [5.41, 5.74) is 0.498. The van der Waals surface area contributed by atoms with E-state index in [2.05, 4.69) is 4.98 Å². The van der Waals surface area contributed by atoms with Crippen LogP contribution in [-0.4, -0.2) is 17.4 Å². The third-order valence-corrected chi connectivity index (χ3v) is 3.50. The van der Waals surface area contributed by atoms with Crippen molar-refractivity contribution in [2.24, 2.45) is 5.92 Å². The first-order valence-electron chi connectivity index (χ1n) is 5.91. The molecule has 1 aliphatic rings. The van der Waals surface area contributed by atoms with Gasteiger partial charge >= 0.3 is 6.18 Å². The smallest absolute Gasteiger partial charge is 0.391 e. The quantitative estimate of drug-likeness (QED) is 0.763. The zero-order chi connectivity index (χ0) is 13.3. The molecule has 1 saturated carbocycles. The second kappa shape index (κ2) is 4.74. The Hall–Kier alpha value is -1.33. The number of aromatic nitrogens is 1. The van der Waals surface area contributed by atoms with Crippen molar-refractivity contribution in [1.29, 1.82) is 0 Å². The van der Waals surface area contributed by atoms with Crippen LogP contribution in [0.1, 0.15) is 53.7 Å². The average Bonchev–Trinajstić information content (AvgIpc) is 2.69. The van der Waals surface area contributed by atoms with E-state index in [1.165, 1.54) is 0 Å². The Morgan fingerprint density at radius 2 is 1.89 bits per heavy atom. The van der Waals surface area contributed by atoms with Crippen LogP contribution >= 0.6 is 0 Å². The number of aryl methyl sites for hydroxylation is 1. The Bertz CT molecular complexity index is 431. The van der Waals surface area contributed by atoms with Crippen LogP contribution < -0.4 is 0 Å². The summed E-state index contributed by atoms with van der Waals surface area (Å²) in [7, 11) is 0. The van der Waals surface area contributed by atoms with Gasteiger partial charge in [0.05, 0.1) is 11.6 Å². The second-order valence-corrected chi connectivity index (χ2v) is 4.71. The number of carbonyl (C=O) groups excluding carboxylic acids is 1. The summed E-state index contributed by atoms with van der Waals surface area (Å²) >= 11 is 0. The fraction of sp³-hybridized carbons (Fsp3) is 0.667. The van der Waals surface area contributed by atoms with Crippen LogP contribution in [0.2, 0.25) is 0 Å². The molecule has 0 N–H and O–H groups in total. The van der Waals surface area contributed by atoms with Crippen molar-refractivity contribution in [3.8, 4) is 0 Å². The number of rotatable bonds is 2. The van der Waals surface area contributed by atoms with Crippen molar-refractivity contribution >= 4 is 6.29 Å². The van der Waals surface area contributed by atoms with Gasteiger partial charge in [0.1, 0.15) is 0 Å². The van der Waals surface area contributed by atoms with Gasteiger partial charge in [-0.3, -0.25) is 4.79 Å². The summed E-state index contributed by atoms with van der Waals surface area (Å²) < 4.78 is 42.8. The molecule has 3 nitrogen and oxygen atoms in total. The van der Waals surface area contributed by atoms with Crippen molar-refractivity contribution in [3.63, 3.8) is 0 Å². The van der Waals surface area contributed by atoms with E-state index >= 15 is 0 Å². The molecular formula is C12H14F3NO2. The summed E-state index contributed by atoms with van der Waals surface area (Å²) in [6.45, 7) is 1.65. The molecule has 0 bridgehead atoms. The van der Waals surface area contributed by atoms with E-state index in [9.17, 15) is 18.0 Å². The second-order valence-electron chi connectivity index (χ2n) is 4.71. The maximum atomic E-state index is 12.5. The van der Waals surface area contributed by atoms with Crippen LogP contribution in [0.5, 0.6) is 0 Å². The molecule has 1 aliphatic carbocycles. The molecule has 0 amide bonds. The summed E-state index contributed by atoms with van der Waals surface area (Å²) in [6, 6.07) is 0. The highest BCUT2D eigenvalue weighted by atomic mass is 19.4. The summed E-state index contributed by atoms with van der Waals surface area (Å²) in [5, 5.41) is 0. The normalized spacial score (nSPS) is 25.1. The van der Waals surface area contributed by atoms with Crippen LogP contribution in [0.25, 0.3) is 0 Å². The van der Waals surface area contributed by atoms with Crippen molar-refractivity contribution in [2.45, 2.75) is 44.7 Å². The zero-order valence-electron chi connectivity index (χ0n) is 9.96. The molecule has 1 aromatic heterocycles. The van der Waals surface area contributed by atoms with Gasteiger partial charge in [0.2, 0.25) is 0 Å². The molecule has 0 unspecified atom stereocenters. The maximum Gasteiger partial charge on any atom is 0.391 e. The summed E-state index contributed by atoms with van der Waals surface area (Å²) in [5.74, 6) is -0.746. The summed E-state index contributed by atoms with van der Waals surface area (Å²) in [6.07, 6.45) is -2.51. The number of hydrogen-bond donors (Lipinski definition) is 0. The number of aldehydes is 1. The number of oxazole rings is 1. The number of nitrogens with zero attached hydrogens (tertiary/aromatic N) is 1. The standard InChI is InChI=1S/C12H14F3NO2/c1-7-10(6-17)18-11(16-7)8-2-4-9(5-3-8)12(13,14)15/h6,8-9H,2-5H2,1H3. The molecule has 0 radical (unpaired) electrons. The first kappa shape index (κ1) is 13.1. The first-order valence-corrected chi connectivity index (χ1v) is 5.91. The van der Waals surface area contributed by atoms with Crippen LogP contribution in [0, 0.1) is 12.8 Å². The number of carbonyl (C=O) groups is 1. The Balaban J connectivity index is 2.03. The molecule has 0 aliphatic heterocycles. The molecule has 1 fully saturated rings. The zero-order valence-corrected chi connectivity index (χ0v) is 9.96. The van der Waals surface area contributed by atoms with E-state index < -0.39 is 12.1 Å². The first-order chi connectivity index (χ1) is 8.41. The molecule has 0 saturated heterocycles. The fourth-order valence-corrected chi connectivity index (χ4v) is 2.38. The molecule has 2 rings (SSSR count). The lowest BCUT2D eigenvalue weighted by Gasteiger charge is -2.28. The Labute approximate surface area is 102 Å². The van der Waals surface area contributed by atoms with Crippen molar-refractivity contribution < 1.29 is 22.4 Å². The van der Waals surface area contributed by atoms with Gasteiger partial charge < -0.3 is 4.42 Å². The molecule has 0 atom stereocenters. The highest BCUT2D eigenvalue weighted by Crippen LogP contribution is 2.42. The lowest BCUT2D eigenvalue weighted by molar-refractivity contribution is -0.182. The Kier molecular flexibility index (Phi) is 3.45. The minimum absolute atomic E-state index is 0.101. The number of alkyl halides is 3. The van der Waals surface area contributed by atoms with E-state index in [1.54, 1.807) is 6.92 Å². The monoisotopic (exact) mass is 261 g/mol. The lowest BCUT2D eigenvalue weighted by atomic mass is 9.81. The Morgan fingerprint density at radius 1 is 1.28 bits per heavy atom. The van der Waals surface area contributed by atoms with Gasteiger partial charge in [0.15, 0.2) is 17.9 Å². The maximum absolute atomic E-state index is 12.5. The van der Waals surface area contributed by atoms with Gasteiger partial charge in [-0.15, -0.1) is 0 Å². The number of halogens is 3. The van der Waals surface area contributed by atoms with Crippen molar-refractivity contribution in [2.75, 3.05) is 0 Å². The molecule has 100 valence electrons. The molecule has 1 heterocycles. The molecule has 18 heavy (non-hydrogen) atoms. The highest BCUT2D eigenvalue weighted by molar-refractivity contribution is 5.71. The van der Waals surface area contributed by atoms with Gasteiger partial charge in [-0.1, -0.05) is 0 Å². The van der Waals surface area contributed by atoms with E-state index in [4.69, 9.17) is 4.42 Å². The third kappa shape index (κ3) is 2.57. The van der Waals surface area contributed by atoms with Crippen LogP contribution in [-0.2, 0) is 0 Å². The van der Waals surface area contributed by atoms with Gasteiger partial charge in [-0.05, 0) is 32.6 Å². The largest absolute Gasteiger partial charge is 0.437 e. The molecular weight excluding hydrogens is 247 g/mol. The van der Waals surface area contributed by atoms with Gasteiger partial charge in [0.25, 0.3) is 0 Å². The molecule has 1 aromatic rings. The highest BCUT2D eigenvalue weighted by Gasteiger charge is 2.42. The molecule has 0 spiro atoms.